The number of nitrogens with two attached hydrogens (primary N) is 1. The zero-order valence-corrected chi connectivity index (χ0v) is 12.3. The highest BCUT2D eigenvalue weighted by molar-refractivity contribution is 5.95. The smallest absolute Gasteiger partial charge is 0.241 e. The molecule has 0 saturated carbocycles. The van der Waals surface area contributed by atoms with E-state index in [0.717, 1.165) is 12.0 Å². The summed E-state index contributed by atoms with van der Waals surface area (Å²) in [6.45, 7) is 4.65. The highest BCUT2D eigenvalue weighted by Gasteiger charge is 2.13. The number of hydrogen-bond acceptors (Lipinski definition) is 5. The Bertz CT molecular complexity index is 609. The van der Waals surface area contributed by atoms with E-state index in [1.165, 1.54) is 0 Å². The van der Waals surface area contributed by atoms with Crippen molar-refractivity contribution in [3.63, 3.8) is 0 Å². The summed E-state index contributed by atoms with van der Waals surface area (Å²) in [5, 5.41) is 14.4. The van der Waals surface area contributed by atoms with E-state index in [0.29, 0.717) is 24.5 Å². The predicted molar refractivity (Wildman–Crippen MR) is 80.4 cm³/mol. The molecule has 0 bridgehead atoms. The number of tetrazole rings is 1. The lowest BCUT2D eigenvalue weighted by Gasteiger charge is -2.12. The molecule has 1 unspecified atom stereocenters. The Morgan fingerprint density at radius 2 is 2.24 bits per heavy atom. The first kappa shape index (κ1) is 15.1. The molecule has 1 atom stereocenters. The molecule has 0 spiro atoms. The van der Waals surface area contributed by atoms with Crippen molar-refractivity contribution in [2.24, 2.45) is 5.73 Å². The molecule has 2 rings (SSSR count). The highest BCUT2D eigenvalue weighted by Crippen LogP contribution is 2.20. The predicted octanol–water partition coefficient (Wildman–Crippen LogP) is 1.43. The minimum Gasteiger partial charge on any atom is -0.325 e. The molecule has 1 aromatic heterocycles. The average Bonchev–Trinajstić information content (AvgIpc) is 2.96. The van der Waals surface area contributed by atoms with Crippen LogP contribution in [0.1, 0.15) is 26.7 Å². The van der Waals surface area contributed by atoms with Gasteiger partial charge in [0.05, 0.1) is 6.04 Å². The first-order chi connectivity index (χ1) is 10.2. The van der Waals surface area contributed by atoms with Gasteiger partial charge in [-0.05, 0) is 35.9 Å². The van der Waals surface area contributed by atoms with Crippen LogP contribution in [0.4, 0.5) is 5.69 Å². The first-order valence-electron chi connectivity index (χ1n) is 7.08. The quantitative estimate of drug-likeness (QED) is 0.837. The van der Waals surface area contributed by atoms with E-state index in [1.54, 1.807) is 4.68 Å². The lowest BCUT2D eigenvalue weighted by molar-refractivity contribution is -0.117. The normalized spacial score (nSPS) is 12.1. The zero-order chi connectivity index (χ0) is 15.2. The lowest BCUT2D eigenvalue weighted by Crippen LogP contribution is -2.35. The monoisotopic (exact) mass is 288 g/mol. The second-order valence-corrected chi connectivity index (χ2v) is 4.78. The Balaban J connectivity index is 2.17. The van der Waals surface area contributed by atoms with Crippen molar-refractivity contribution in [3.05, 3.63) is 24.3 Å². The molecule has 0 aliphatic heterocycles. The number of carbonyl (C=O) groups excluding carboxylic acids is 1. The molecule has 1 aromatic carbocycles. The molecule has 2 aromatic rings. The van der Waals surface area contributed by atoms with Gasteiger partial charge in [0.2, 0.25) is 5.91 Å². The van der Waals surface area contributed by atoms with E-state index in [4.69, 9.17) is 5.73 Å². The molecule has 0 radical (unpaired) electrons. The van der Waals surface area contributed by atoms with Crippen LogP contribution < -0.4 is 11.1 Å². The van der Waals surface area contributed by atoms with Crippen LogP contribution in [-0.4, -0.2) is 32.2 Å². The number of rotatable bonds is 6. The Labute approximate surface area is 123 Å². The van der Waals surface area contributed by atoms with Crippen molar-refractivity contribution in [2.45, 2.75) is 39.3 Å². The topological polar surface area (TPSA) is 98.7 Å². The van der Waals surface area contributed by atoms with Crippen molar-refractivity contribution in [1.29, 1.82) is 0 Å². The fraction of sp³-hybridized carbons (Fsp3) is 0.429. The van der Waals surface area contributed by atoms with Gasteiger partial charge in [-0.3, -0.25) is 4.79 Å². The number of aromatic nitrogens is 4. The van der Waals surface area contributed by atoms with Gasteiger partial charge in [0.15, 0.2) is 5.82 Å². The molecule has 1 amide bonds. The van der Waals surface area contributed by atoms with E-state index in [9.17, 15) is 4.79 Å². The molecule has 1 heterocycles. The van der Waals surface area contributed by atoms with Crippen LogP contribution in [0, 0.1) is 0 Å². The van der Waals surface area contributed by atoms with Gasteiger partial charge < -0.3 is 11.1 Å². The van der Waals surface area contributed by atoms with Crippen molar-refractivity contribution in [2.75, 3.05) is 5.32 Å². The minimum atomic E-state index is -0.486. The fourth-order valence-corrected chi connectivity index (χ4v) is 2.04. The molecule has 0 saturated heterocycles. The molecule has 112 valence electrons. The number of nitrogens with one attached hydrogen (secondary N) is 1. The van der Waals surface area contributed by atoms with Crippen LogP contribution in [0.25, 0.3) is 11.4 Å². The largest absolute Gasteiger partial charge is 0.325 e. The maximum atomic E-state index is 11.9. The molecule has 0 fully saturated rings. The summed E-state index contributed by atoms with van der Waals surface area (Å²) in [5.41, 5.74) is 7.35. The molecular weight excluding hydrogens is 268 g/mol. The Kier molecular flexibility index (Phi) is 4.99. The first-order valence-corrected chi connectivity index (χ1v) is 7.08. The summed E-state index contributed by atoms with van der Waals surface area (Å²) in [6, 6.07) is 6.93. The van der Waals surface area contributed by atoms with Crippen LogP contribution in [0.2, 0.25) is 0 Å². The summed E-state index contributed by atoms with van der Waals surface area (Å²) in [4.78, 5) is 11.9. The Morgan fingerprint density at radius 3 is 2.95 bits per heavy atom. The van der Waals surface area contributed by atoms with Crippen LogP contribution in [-0.2, 0) is 11.3 Å². The maximum absolute atomic E-state index is 11.9. The van der Waals surface area contributed by atoms with E-state index in [2.05, 4.69) is 20.8 Å². The molecular formula is C14H20N6O. The molecule has 3 N–H and O–H groups in total. The van der Waals surface area contributed by atoms with E-state index >= 15 is 0 Å². The summed E-state index contributed by atoms with van der Waals surface area (Å²) in [6.07, 6.45) is 1.54. The van der Waals surface area contributed by atoms with Crippen molar-refractivity contribution < 1.29 is 4.79 Å². The van der Waals surface area contributed by atoms with E-state index < -0.39 is 6.04 Å². The van der Waals surface area contributed by atoms with Gasteiger partial charge in [0, 0.05) is 17.8 Å². The number of carbonyl (C=O) groups is 1. The molecule has 21 heavy (non-hydrogen) atoms. The number of amides is 1. The number of anilines is 1. The van der Waals surface area contributed by atoms with Gasteiger partial charge in [-0.2, -0.15) is 0 Å². The summed E-state index contributed by atoms with van der Waals surface area (Å²) in [7, 11) is 0. The van der Waals surface area contributed by atoms with Gasteiger partial charge in [-0.25, -0.2) is 4.68 Å². The van der Waals surface area contributed by atoms with Crippen LogP contribution >= 0.6 is 0 Å². The summed E-state index contributed by atoms with van der Waals surface area (Å²) >= 11 is 0. The fourth-order valence-electron chi connectivity index (χ4n) is 2.04. The number of aryl methyl sites for hydroxylation is 1. The highest BCUT2D eigenvalue weighted by atomic mass is 16.2. The van der Waals surface area contributed by atoms with Crippen LogP contribution in [0.5, 0.6) is 0 Å². The van der Waals surface area contributed by atoms with Gasteiger partial charge in [-0.1, -0.05) is 25.5 Å². The van der Waals surface area contributed by atoms with Crippen molar-refractivity contribution in [3.8, 4) is 11.4 Å². The summed E-state index contributed by atoms with van der Waals surface area (Å²) in [5.74, 6) is 0.496. The lowest BCUT2D eigenvalue weighted by atomic mass is 10.1. The molecule has 0 aliphatic rings. The second-order valence-electron chi connectivity index (χ2n) is 4.78. The number of nitrogens with zero attached hydrogens (tertiary/aromatic N) is 4. The Hall–Kier alpha value is -2.28. The third-order valence-electron chi connectivity index (χ3n) is 3.16. The minimum absolute atomic E-state index is 0.177. The number of hydrogen-bond donors (Lipinski definition) is 2. The number of benzene rings is 1. The standard InChI is InChI=1S/C14H20N6O/c1-3-6-12(15)14(21)16-11-8-5-7-10(9-11)13-17-18-19-20(13)4-2/h5,7-9,12H,3-4,6,15H2,1-2H3,(H,16,21). The van der Waals surface area contributed by atoms with E-state index in [-0.39, 0.29) is 5.91 Å². The van der Waals surface area contributed by atoms with Gasteiger partial charge in [0.25, 0.3) is 0 Å². The van der Waals surface area contributed by atoms with E-state index in [1.807, 2.05) is 38.1 Å². The third kappa shape index (κ3) is 3.63. The third-order valence-corrected chi connectivity index (χ3v) is 3.16. The SMILES string of the molecule is CCCC(N)C(=O)Nc1cccc(-c2nnnn2CC)c1. The van der Waals surface area contributed by atoms with Crippen LogP contribution in [0.3, 0.4) is 0 Å². The van der Waals surface area contributed by atoms with Gasteiger partial charge in [-0.15, -0.1) is 5.10 Å². The Morgan fingerprint density at radius 1 is 1.43 bits per heavy atom. The molecule has 0 aliphatic carbocycles. The molecule has 7 nitrogen and oxygen atoms in total. The molecule has 7 heteroatoms. The zero-order valence-electron chi connectivity index (χ0n) is 12.3. The maximum Gasteiger partial charge on any atom is 0.241 e. The average molecular weight is 288 g/mol. The summed E-state index contributed by atoms with van der Waals surface area (Å²) < 4.78 is 1.70. The van der Waals surface area contributed by atoms with Crippen LogP contribution in [0.15, 0.2) is 24.3 Å². The second kappa shape index (κ2) is 6.94. The van der Waals surface area contributed by atoms with Crippen molar-refractivity contribution in [1.82, 2.24) is 20.2 Å². The van der Waals surface area contributed by atoms with Gasteiger partial charge in [0.1, 0.15) is 0 Å². The van der Waals surface area contributed by atoms with Gasteiger partial charge >= 0.3 is 0 Å². The van der Waals surface area contributed by atoms with Crippen molar-refractivity contribution >= 4 is 11.6 Å².